The zero-order chi connectivity index (χ0) is 19.1. The molecule has 0 radical (unpaired) electrons. The summed E-state index contributed by atoms with van der Waals surface area (Å²) in [4.78, 5) is 22.7. The smallest absolute Gasteiger partial charge is 0.257 e. The average Bonchev–Trinajstić information content (AvgIpc) is 2.73. The van der Waals surface area contributed by atoms with E-state index in [4.69, 9.17) is 4.74 Å². The summed E-state index contributed by atoms with van der Waals surface area (Å²) in [6.45, 7) is 1.07. The number of amides is 1. The van der Waals surface area contributed by atoms with Crippen molar-refractivity contribution in [3.05, 3.63) is 83.7 Å². The van der Waals surface area contributed by atoms with Crippen molar-refractivity contribution in [2.24, 2.45) is 0 Å². The van der Waals surface area contributed by atoms with E-state index in [0.29, 0.717) is 24.6 Å². The van der Waals surface area contributed by atoms with Crippen molar-refractivity contribution < 1.29 is 9.53 Å². The third-order valence-corrected chi connectivity index (χ3v) is 4.14. The number of carbonyl (C=O) groups is 1. The monoisotopic (exact) mass is 362 g/mol. The highest BCUT2D eigenvalue weighted by Crippen LogP contribution is 2.18. The van der Waals surface area contributed by atoms with Crippen molar-refractivity contribution in [1.29, 1.82) is 0 Å². The molecule has 138 valence electrons. The second-order valence-electron chi connectivity index (χ2n) is 6.11. The summed E-state index contributed by atoms with van der Waals surface area (Å²) in [5.74, 6) is 1.15. The zero-order valence-corrected chi connectivity index (χ0v) is 15.4. The average molecular weight is 362 g/mol. The Labute approximate surface area is 158 Å². The predicted octanol–water partition coefficient (Wildman–Crippen LogP) is 3.37. The molecule has 0 spiro atoms. The number of benzene rings is 2. The molecule has 6 nitrogen and oxygen atoms in total. The molecule has 0 fully saturated rings. The van der Waals surface area contributed by atoms with Gasteiger partial charge in [-0.25, -0.2) is 9.97 Å². The number of anilines is 1. The first-order chi connectivity index (χ1) is 13.2. The third-order valence-electron chi connectivity index (χ3n) is 4.14. The fraction of sp³-hybridized carbons (Fsp3) is 0.190. The minimum Gasteiger partial charge on any atom is -0.496 e. The number of aromatic nitrogens is 2. The number of rotatable bonds is 7. The Balaban J connectivity index is 1.60. The topological polar surface area (TPSA) is 67.3 Å². The van der Waals surface area contributed by atoms with Gasteiger partial charge in [-0.15, -0.1) is 0 Å². The summed E-state index contributed by atoms with van der Waals surface area (Å²) >= 11 is 0. The number of nitrogens with one attached hydrogen (secondary N) is 1. The van der Waals surface area contributed by atoms with Gasteiger partial charge in [0, 0.05) is 38.1 Å². The van der Waals surface area contributed by atoms with Gasteiger partial charge in [0.15, 0.2) is 0 Å². The standard InChI is InChI=1S/C21H22N4O2/c1-25(15-16-8-4-3-5-9-16)20(26)18-13-23-21(24-14-18)22-12-17-10-6-7-11-19(17)27-2/h3-11,13-14H,12,15H2,1-2H3,(H,22,23,24). The molecule has 1 amide bonds. The molecule has 0 bridgehead atoms. The molecule has 3 aromatic rings. The summed E-state index contributed by atoms with van der Waals surface area (Å²) in [5, 5.41) is 3.14. The van der Waals surface area contributed by atoms with Crippen molar-refractivity contribution in [3.63, 3.8) is 0 Å². The first-order valence-electron chi connectivity index (χ1n) is 8.64. The van der Waals surface area contributed by atoms with E-state index in [9.17, 15) is 4.79 Å². The Bertz CT molecular complexity index is 882. The van der Waals surface area contributed by atoms with Gasteiger partial charge in [0.25, 0.3) is 5.91 Å². The Morgan fingerprint density at radius 3 is 2.41 bits per heavy atom. The third kappa shape index (κ3) is 4.82. The van der Waals surface area contributed by atoms with E-state index in [-0.39, 0.29) is 5.91 Å². The highest BCUT2D eigenvalue weighted by atomic mass is 16.5. The number of carbonyl (C=O) groups excluding carboxylic acids is 1. The fourth-order valence-corrected chi connectivity index (χ4v) is 2.70. The van der Waals surface area contributed by atoms with Gasteiger partial charge < -0.3 is 15.0 Å². The van der Waals surface area contributed by atoms with E-state index in [1.54, 1.807) is 31.5 Å². The van der Waals surface area contributed by atoms with E-state index in [1.165, 1.54) is 0 Å². The Kier molecular flexibility index (Phi) is 5.99. The Morgan fingerprint density at radius 2 is 1.70 bits per heavy atom. The SMILES string of the molecule is COc1ccccc1CNc1ncc(C(=O)N(C)Cc2ccccc2)cn1. The van der Waals surface area contributed by atoms with Gasteiger partial charge in [-0.3, -0.25) is 4.79 Å². The van der Waals surface area contributed by atoms with Crippen LogP contribution < -0.4 is 10.1 Å². The van der Waals surface area contributed by atoms with Crippen LogP contribution in [-0.2, 0) is 13.1 Å². The number of methoxy groups -OCH3 is 1. The van der Waals surface area contributed by atoms with Crippen LogP contribution in [0.3, 0.4) is 0 Å². The Hall–Kier alpha value is -3.41. The van der Waals surface area contributed by atoms with Gasteiger partial charge >= 0.3 is 0 Å². The molecule has 0 unspecified atom stereocenters. The maximum Gasteiger partial charge on any atom is 0.257 e. The van der Waals surface area contributed by atoms with Gasteiger partial charge in [0.1, 0.15) is 5.75 Å². The van der Waals surface area contributed by atoms with Crippen LogP contribution in [0.5, 0.6) is 5.75 Å². The first kappa shape index (κ1) is 18.4. The van der Waals surface area contributed by atoms with Crippen molar-refractivity contribution in [2.75, 3.05) is 19.5 Å². The van der Waals surface area contributed by atoms with Crippen molar-refractivity contribution in [2.45, 2.75) is 13.1 Å². The molecule has 0 aliphatic rings. The van der Waals surface area contributed by atoms with E-state index in [0.717, 1.165) is 16.9 Å². The molecular weight excluding hydrogens is 340 g/mol. The molecule has 0 aliphatic heterocycles. The molecule has 1 heterocycles. The first-order valence-corrected chi connectivity index (χ1v) is 8.64. The lowest BCUT2D eigenvalue weighted by Crippen LogP contribution is -2.26. The van der Waals surface area contributed by atoms with Gasteiger partial charge in [0.05, 0.1) is 12.7 Å². The predicted molar refractivity (Wildman–Crippen MR) is 105 cm³/mol. The maximum atomic E-state index is 12.5. The summed E-state index contributed by atoms with van der Waals surface area (Å²) in [5.41, 5.74) is 2.53. The van der Waals surface area contributed by atoms with E-state index >= 15 is 0 Å². The number of hydrogen-bond acceptors (Lipinski definition) is 5. The molecule has 0 atom stereocenters. The van der Waals surface area contributed by atoms with Gasteiger partial charge in [-0.05, 0) is 11.6 Å². The van der Waals surface area contributed by atoms with Crippen LogP contribution in [0.4, 0.5) is 5.95 Å². The summed E-state index contributed by atoms with van der Waals surface area (Å²) in [6.07, 6.45) is 3.09. The van der Waals surface area contributed by atoms with Crippen LogP contribution in [0.25, 0.3) is 0 Å². The van der Waals surface area contributed by atoms with Crippen LogP contribution in [-0.4, -0.2) is 34.9 Å². The van der Waals surface area contributed by atoms with E-state index in [1.807, 2.05) is 54.6 Å². The second-order valence-corrected chi connectivity index (χ2v) is 6.11. The van der Waals surface area contributed by atoms with Crippen LogP contribution >= 0.6 is 0 Å². The molecule has 0 saturated heterocycles. The molecule has 6 heteroatoms. The highest BCUT2D eigenvalue weighted by Gasteiger charge is 2.13. The molecule has 1 N–H and O–H groups in total. The lowest BCUT2D eigenvalue weighted by molar-refractivity contribution is 0.0784. The minimum absolute atomic E-state index is 0.116. The lowest BCUT2D eigenvalue weighted by atomic mass is 10.2. The van der Waals surface area contributed by atoms with Gasteiger partial charge in [-0.2, -0.15) is 0 Å². The maximum absolute atomic E-state index is 12.5. The van der Waals surface area contributed by atoms with Crippen LogP contribution in [0, 0.1) is 0 Å². The number of ether oxygens (including phenoxy) is 1. The quantitative estimate of drug-likeness (QED) is 0.698. The largest absolute Gasteiger partial charge is 0.496 e. The lowest BCUT2D eigenvalue weighted by Gasteiger charge is -2.17. The molecule has 2 aromatic carbocycles. The van der Waals surface area contributed by atoms with Crippen LogP contribution in [0.1, 0.15) is 21.5 Å². The summed E-state index contributed by atoms with van der Waals surface area (Å²) in [7, 11) is 3.41. The summed E-state index contributed by atoms with van der Waals surface area (Å²) in [6, 6.07) is 17.6. The fourth-order valence-electron chi connectivity index (χ4n) is 2.70. The van der Waals surface area contributed by atoms with Crippen LogP contribution in [0.15, 0.2) is 67.0 Å². The number of para-hydroxylation sites is 1. The van der Waals surface area contributed by atoms with E-state index in [2.05, 4.69) is 15.3 Å². The van der Waals surface area contributed by atoms with Gasteiger partial charge in [0.2, 0.25) is 5.95 Å². The second kappa shape index (κ2) is 8.80. The normalized spacial score (nSPS) is 10.3. The Morgan fingerprint density at radius 1 is 1.04 bits per heavy atom. The number of hydrogen-bond donors (Lipinski definition) is 1. The zero-order valence-electron chi connectivity index (χ0n) is 15.4. The number of nitrogens with zero attached hydrogens (tertiary/aromatic N) is 3. The van der Waals surface area contributed by atoms with Crippen LogP contribution in [0.2, 0.25) is 0 Å². The summed E-state index contributed by atoms with van der Waals surface area (Å²) < 4.78 is 5.33. The molecule has 27 heavy (non-hydrogen) atoms. The molecule has 3 rings (SSSR count). The van der Waals surface area contributed by atoms with Crippen molar-refractivity contribution >= 4 is 11.9 Å². The van der Waals surface area contributed by atoms with Crippen molar-refractivity contribution in [3.8, 4) is 5.75 Å². The molecule has 0 saturated carbocycles. The molecule has 0 aliphatic carbocycles. The van der Waals surface area contributed by atoms with Gasteiger partial charge in [-0.1, -0.05) is 48.5 Å². The minimum atomic E-state index is -0.116. The molecule has 1 aromatic heterocycles. The van der Waals surface area contributed by atoms with E-state index < -0.39 is 0 Å². The highest BCUT2D eigenvalue weighted by molar-refractivity contribution is 5.93. The molecular formula is C21H22N4O2. The van der Waals surface area contributed by atoms with Crippen molar-refractivity contribution in [1.82, 2.24) is 14.9 Å².